The summed E-state index contributed by atoms with van der Waals surface area (Å²) in [6.45, 7) is 11.7. The minimum Gasteiger partial charge on any atom is -0.410 e. The van der Waals surface area contributed by atoms with Crippen molar-refractivity contribution in [2.45, 2.75) is 70.2 Å². The number of nitrogens with one attached hydrogen (secondary N) is 1. The standard InChI is InChI=1S/C18H28N2O5Si/c1-8-18(11-21)13(25-26(6,7)17(3,4)5)9-14(24-18)20-10-12(2)15(22)19-16(20)23/h1,10,13-14,21H,9,11H2,2-7H3,(H,19,22,23)/t13-,14+,18+/m0/s1. The van der Waals surface area contributed by atoms with Crippen molar-refractivity contribution in [3.8, 4) is 12.3 Å². The zero-order chi connectivity index (χ0) is 19.9. The number of terminal acetylenes is 1. The number of hydrogen-bond acceptors (Lipinski definition) is 5. The minimum absolute atomic E-state index is 0.0493. The number of aromatic amines is 1. The van der Waals surface area contributed by atoms with Crippen molar-refractivity contribution in [3.05, 3.63) is 32.6 Å². The summed E-state index contributed by atoms with van der Waals surface area (Å²) in [6.07, 6.45) is 6.16. The molecule has 2 rings (SSSR count). The number of rotatable bonds is 4. The Bertz CT molecular complexity index is 830. The van der Waals surface area contributed by atoms with E-state index in [1.54, 1.807) is 6.92 Å². The van der Waals surface area contributed by atoms with Gasteiger partial charge in [-0.2, -0.15) is 0 Å². The summed E-state index contributed by atoms with van der Waals surface area (Å²) in [5.41, 5.74) is -1.97. The van der Waals surface area contributed by atoms with Gasteiger partial charge in [-0.3, -0.25) is 14.3 Å². The van der Waals surface area contributed by atoms with E-state index in [2.05, 4.69) is 44.8 Å². The average Bonchev–Trinajstić information content (AvgIpc) is 2.88. The Morgan fingerprint density at radius 2 is 2.12 bits per heavy atom. The Hall–Kier alpha value is -1.66. The largest absolute Gasteiger partial charge is 0.410 e. The molecule has 7 nitrogen and oxygen atoms in total. The van der Waals surface area contributed by atoms with Crippen LogP contribution >= 0.6 is 0 Å². The van der Waals surface area contributed by atoms with E-state index in [9.17, 15) is 14.7 Å². The topological polar surface area (TPSA) is 93.5 Å². The second-order valence-electron chi connectivity index (χ2n) is 8.35. The van der Waals surface area contributed by atoms with Crippen molar-refractivity contribution in [1.82, 2.24) is 9.55 Å². The molecule has 0 amide bonds. The van der Waals surface area contributed by atoms with E-state index >= 15 is 0 Å². The fourth-order valence-electron chi connectivity index (χ4n) is 2.70. The van der Waals surface area contributed by atoms with Gasteiger partial charge < -0.3 is 14.3 Å². The van der Waals surface area contributed by atoms with E-state index in [-0.39, 0.29) is 5.04 Å². The highest BCUT2D eigenvalue weighted by Crippen LogP contribution is 2.44. The van der Waals surface area contributed by atoms with Gasteiger partial charge in [0.1, 0.15) is 6.23 Å². The van der Waals surface area contributed by atoms with Crippen LogP contribution in [0.2, 0.25) is 18.1 Å². The quantitative estimate of drug-likeness (QED) is 0.610. The van der Waals surface area contributed by atoms with Gasteiger partial charge in [-0.1, -0.05) is 26.7 Å². The van der Waals surface area contributed by atoms with Gasteiger partial charge >= 0.3 is 5.69 Å². The second kappa shape index (κ2) is 6.81. The number of aromatic nitrogens is 2. The lowest BCUT2D eigenvalue weighted by atomic mass is 9.99. The van der Waals surface area contributed by atoms with E-state index in [0.717, 1.165) is 0 Å². The maximum absolute atomic E-state index is 12.2. The van der Waals surface area contributed by atoms with Crippen molar-refractivity contribution < 1.29 is 14.3 Å². The van der Waals surface area contributed by atoms with E-state index in [0.29, 0.717) is 12.0 Å². The molecule has 1 aliphatic heterocycles. The maximum Gasteiger partial charge on any atom is 0.330 e. The fraction of sp³-hybridized carbons (Fsp3) is 0.667. The first-order valence-corrected chi connectivity index (χ1v) is 11.5. The van der Waals surface area contributed by atoms with E-state index in [4.69, 9.17) is 15.6 Å². The molecule has 1 saturated heterocycles. The van der Waals surface area contributed by atoms with Gasteiger partial charge in [0.05, 0.1) is 12.7 Å². The average molecular weight is 381 g/mol. The second-order valence-corrected chi connectivity index (χ2v) is 13.1. The molecule has 2 N–H and O–H groups in total. The molecule has 1 aromatic heterocycles. The smallest absolute Gasteiger partial charge is 0.330 e. The van der Waals surface area contributed by atoms with Crippen LogP contribution in [0.5, 0.6) is 0 Å². The summed E-state index contributed by atoms with van der Waals surface area (Å²) in [5.74, 6) is 2.53. The molecule has 144 valence electrons. The van der Waals surface area contributed by atoms with Crippen molar-refractivity contribution in [2.24, 2.45) is 0 Å². The van der Waals surface area contributed by atoms with Gasteiger partial charge in [0.15, 0.2) is 13.9 Å². The third-order valence-electron chi connectivity index (χ3n) is 5.46. The lowest BCUT2D eigenvalue weighted by Gasteiger charge is -2.41. The van der Waals surface area contributed by atoms with Crippen LogP contribution in [0.25, 0.3) is 0 Å². The summed E-state index contributed by atoms with van der Waals surface area (Å²) >= 11 is 0. The Kier molecular flexibility index (Phi) is 5.41. The predicted molar refractivity (Wildman–Crippen MR) is 102 cm³/mol. The summed E-state index contributed by atoms with van der Waals surface area (Å²) in [5, 5.41) is 9.89. The Labute approximate surface area is 154 Å². The summed E-state index contributed by atoms with van der Waals surface area (Å²) < 4.78 is 13.7. The molecule has 0 aliphatic carbocycles. The number of nitrogens with zero attached hydrogens (tertiary/aromatic N) is 1. The van der Waals surface area contributed by atoms with Crippen molar-refractivity contribution >= 4 is 8.32 Å². The molecule has 8 heteroatoms. The lowest BCUT2D eigenvalue weighted by Crippen LogP contribution is -2.51. The first-order valence-electron chi connectivity index (χ1n) is 8.63. The Morgan fingerprint density at radius 1 is 1.50 bits per heavy atom. The molecule has 0 saturated carbocycles. The molecule has 2 heterocycles. The zero-order valence-electron chi connectivity index (χ0n) is 16.3. The monoisotopic (exact) mass is 380 g/mol. The summed E-state index contributed by atoms with van der Waals surface area (Å²) in [6, 6.07) is 0. The Balaban J connectivity index is 2.42. The molecule has 0 aromatic carbocycles. The van der Waals surface area contributed by atoms with Gasteiger partial charge in [0, 0.05) is 18.2 Å². The van der Waals surface area contributed by atoms with Crippen molar-refractivity contribution in [1.29, 1.82) is 0 Å². The molecule has 0 unspecified atom stereocenters. The van der Waals surface area contributed by atoms with E-state index in [1.807, 2.05) is 0 Å². The summed E-state index contributed by atoms with van der Waals surface area (Å²) in [4.78, 5) is 26.1. The highest BCUT2D eigenvalue weighted by Gasteiger charge is 2.52. The number of aryl methyl sites for hydroxylation is 1. The van der Waals surface area contributed by atoms with Crippen LogP contribution in [0.1, 0.15) is 39.0 Å². The van der Waals surface area contributed by atoms with Crippen molar-refractivity contribution in [3.63, 3.8) is 0 Å². The first-order chi connectivity index (χ1) is 11.9. The molecule has 0 spiro atoms. The van der Waals surface area contributed by atoms with Gasteiger partial charge in [0.2, 0.25) is 0 Å². The van der Waals surface area contributed by atoms with Gasteiger partial charge in [0.25, 0.3) is 5.56 Å². The van der Waals surface area contributed by atoms with Crippen LogP contribution in [-0.4, -0.2) is 41.3 Å². The van der Waals surface area contributed by atoms with Crippen LogP contribution in [0, 0.1) is 19.3 Å². The van der Waals surface area contributed by atoms with E-state index in [1.165, 1.54) is 10.8 Å². The van der Waals surface area contributed by atoms with Crippen LogP contribution < -0.4 is 11.2 Å². The fourth-order valence-corrected chi connectivity index (χ4v) is 4.05. The van der Waals surface area contributed by atoms with Gasteiger partial charge in [-0.15, -0.1) is 6.42 Å². The van der Waals surface area contributed by atoms with Gasteiger partial charge in [-0.05, 0) is 25.1 Å². The number of hydrogen-bond donors (Lipinski definition) is 2. The number of aliphatic hydroxyl groups is 1. The van der Waals surface area contributed by atoms with Crippen LogP contribution in [0.15, 0.2) is 15.8 Å². The van der Waals surface area contributed by atoms with Crippen LogP contribution in [-0.2, 0) is 9.16 Å². The molecular formula is C18H28N2O5Si. The maximum atomic E-state index is 12.2. The molecule has 1 aliphatic rings. The van der Waals surface area contributed by atoms with Gasteiger partial charge in [-0.25, -0.2) is 4.79 Å². The molecule has 1 fully saturated rings. The van der Waals surface area contributed by atoms with Crippen LogP contribution in [0.3, 0.4) is 0 Å². The highest BCUT2D eigenvalue weighted by atomic mass is 28.4. The molecule has 1 aromatic rings. The SMILES string of the molecule is C#C[C@]1(CO)O[C@@H](n2cc(C)c(=O)[nH]c2=O)C[C@@H]1O[Si](C)(C)C(C)(C)C. The molecule has 0 bridgehead atoms. The van der Waals surface area contributed by atoms with E-state index < -0.39 is 44.1 Å². The molecule has 0 radical (unpaired) electrons. The molecular weight excluding hydrogens is 352 g/mol. The number of ether oxygens (including phenoxy) is 1. The Morgan fingerprint density at radius 3 is 2.62 bits per heavy atom. The minimum atomic E-state index is -2.19. The number of aliphatic hydroxyl groups excluding tert-OH is 1. The van der Waals surface area contributed by atoms with Crippen LogP contribution in [0.4, 0.5) is 0 Å². The third-order valence-corrected chi connectivity index (χ3v) is 9.95. The normalized spacial score (nSPS) is 26.7. The summed E-state index contributed by atoms with van der Waals surface area (Å²) in [7, 11) is -2.19. The third kappa shape index (κ3) is 3.57. The number of H-pyrrole nitrogens is 1. The molecule has 26 heavy (non-hydrogen) atoms. The predicted octanol–water partition coefficient (Wildman–Crippen LogP) is 1.52. The highest BCUT2D eigenvalue weighted by molar-refractivity contribution is 6.74. The molecule has 3 atom stereocenters. The lowest BCUT2D eigenvalue weighted by molar-refractivity contribution is -0.0888. The first kappa shape index (κ1) is 20.6. The zero-order valence-corrected chi connectivity index (χ0v) is 17.3. The van der Waals surface area contributed by atoms with Crippen molar-refractivity contribution in [2.75, 3.05) is 6.61 Å².